The predicted molar refractivity (Wildman–Crippen MR) is 88.7 cm³/mol. The summed E-state index contributed by atoms with van der Waals surface area (Å²) in [5, 5.41) is 9.21. The lowest BCUT2D eigenvalue weighted by Crippen LogP contribution is -2.25. The van der Waals surface area contributed by atoms with Gasteiger partial charge in [0.25, 0.3) is 0 Å². The molecule has 0 aliphatic rings. The fourth-order valence-electron chi connectivity index (χ4n) is 2.06. The van der Waals surface area contributed by atoms with Crippen LogP contribution in [0.3, 0.4) is 0 Å². The molecule has 21 heavy (non-hydrogen) atoms. The smallest absolute Gasteiger partial charge is 0.241 e. The molecule has 120 valence electrons. The van der Waals surface area contributed by atoms with Crippen LogP contribution in [-0.4, -0.2) is 20.1 Å². The highest BCUT2D eigenvalue weighted by Gasteiger charge is 2.19. The average Bonchev–Trinajstić information content (AvgIpc) is 2.40. The number of halogens is 1. The molecule has 0 atom stereocenters. The molecule has 4 nitrogen and oxygen atoms in total. The normalized spacial score (nSPS) is 12.1. The molecule has 1 rings (SSSR count). The van der Waals surface area contributed by atoms with Crippen LogP contribution in [0.5, 0.6) is 0 Å². The fourth-order valence-corrected chi connectivity index (χ4v) is 4.20. The van der Waals surface area contributed by atoms with Crippen LogP contribution >= 0.6 is 15.9 Å². The van der Waals surface area contributed by atoms with E-state index in [-0.39, 0.29) is 11.5 Å². The van der Waals surface area contributed by atoms with Gasteiger partial charge in [-0.2, -0.15) is 0 Å². The largest absolute Gasteiger partial charge is 0.392 e. The van der Waals surface area contributed by atoms with Crippen molar-refractivity contribution in [1.82, 2.24) is 4.72 Å². The number of benzene rings is 1. The van der Waals surface area contributed by atoms with Gasteiger partial charge in [0.1, 0.15) is 0 Å². The Labute approximate surface area is 136 Å². The van der Waals surface area contributed by atoms with E-state index in [4.69, 9.17) is 0 Å². The van der Waals surface area contributed by atoms with Crippen molar-refractivity contribution in [3.63, 3.8) is 0 Å². The van der Waals surface area contributed by atoms with E-state index < -0.39 is 10.0 Å². The van der Waals surface area contributed by atoms with Crippen LogP contribution in [0.25, 0.3) is 0 Å². The Morgan fingerprint density at radius 2 is 1.95 bits per heavy atom. The highest BCUT2D eigenvalue weighted by atomic mass is 79.9. The minimum atomic E-state index is -3.55. The van der Waals surface area contributed by atoms with Crippen molar-refractivity contribution in [1.29, 1.82) is 0 Å². The number of aliphatic hydroxyl groups is 1. The van der Waals surface area contributed by atoms with Gasteiger partial charge >= 0.3 is 0 Å². The maximum Gasteiger partial charge on any atom is 0.241 e. The van der Waals surface area contributed by atoms with Crippen LogP contribution in [0.4, 0.5) is 0 Å². The molecule has 0 aliphatic heterocycles. The summed E-state index contributed by atoms with van der Waals surface area (Å²) in [4.78, 5) is 0.190. The van der Waals surface area contributed by atoms with Crippen molar-refractivity contribution in [2.45, 2.75) is 51.5 Å². The summed E-state index contributed by atoms with van der Waals surface area (Å²) >= 11 is 3.32. The lowest BCUT2D eigenvalue weighted by molar-refractivity contribution is 0.281. The van der Waals surface area contributed by atoms with Gasteiger partial charge in [-0.15, -0.1) is 0 Å². The van der Waals surface area contributed by atoms with E-state index in [9.17, 15) is 13.5 Å². The zero-order valence-corrected chi connectivity index (χ0v) is 15.2. The molecule has 2 N–H and O–H groups in total. The van der Waals surface area contributed by atoms with E-state index >= 15 is 0 Å². The van der Waals surface area contributed by atoms with Gasteiger partial charge in [-0.25, -0.2) is 13.1 Å². The number of hydrogen-bond donors (Lipinski definition) is 2. The van der Waals surface area contributed by atoms with E-state index in [0.717, 1.165) is 24.8 Å². The van der Waals surface area contributed by atoms with Crippen molar-refractivity contribution in [2.24, 2.45) is 5.92 Å². The summed E-state index contributed by atoms with van der Waals surface area (Å²) in [6, 6.07) is 3.28. The minimum absolute atomic E-state index is 0.176. The van der Waals surface area contributed by atoms with Crippen LogP contribution in [0, 0.1) is 12.8 Å². The third-order valence-corrected chi connectivity index (χ3v) is 6.05. The zero-order chi connectivity index (χ0) is 16.0. The van der Waals surface area contributed by atoms with Crippen molar-refractivity contribution in [3.8, 4) is 0 Å². The Balaban J connectivity index is 2.76. The minimum Gasteiger partial charge on any atom is -0.392 e. The maximum absolute atomic E-state index is 12.3. The molecule has 0 bridgehead atoms. The molecule has 6 heteroatoms. The van der Waals surface area contributed by atoms with E-state index in [0.29, 0.717) is 22.5 Å². The summed E-state index contributed by atoms with van der Waals surface area (Å²) in [6.45, 7) is 6.38. The highest BCUT2D eigenvalue weighted by molar-refractivity contribution is 9.10. The van der Waals surface area contributed by atoms with Gasteiger partial charge in [-0.1, -0.05) is 32.8 Å². The third kappa shape index (κ3) is 5.70. The van der Waals surface area contributed by atoms with Gasteiger partial charge in [-0.05, 0) is 52.4 Å². The molecule has 1 aromatic rings. The lowest BCUT2D eigenvalue weighted by Gasteiger charge is -2.12. The zero-order valence-electron chi connectivity index (χ0n) is 12.8. The molecular formula is C15H24BrNO3S. The summed E-state index contributed by atoms with van der Waals surface area (Å²) in [5.41, 5.74) is 1.39. The molecule has 0 unspecified atom stereocenters. The van der Waals surface area contributed by atoms with Crippen molar-refractivity contribution in [3.05, 3.63) is 27.7 Å². The standard InChI is InChI=1S/C15H24BrNO3S/c1-11(2)6-4-5-7-17-21(19,20)14-9-13(10-18)8-12(3)15(14)16/h8-9,11,17-18H,4-7,10H2,1-3H3. The van der Waals surface area contributed by atoms with Crippen LogP contribution < -0.4 is 4.72 Å². The van der Waals surface area contributed by atoms with Gasteiger partial charge in [0.15, 0.2) is 0 Å². The molecule has 0 saturated carbocycles. The summed E-state index contributed by atoms with van der Waals surface area (Å²) in [5.74, 6) is 0.639. The van der Waals surface area contributed by atoms with Crippen LogP contribution in [-0.2, 0) is 16.6 Å². The Morgan fingerprint density at radius 1 is 1.29 bits per heavy atom. The second-order valence-electron chi connectivity index (χ2n) is 5.67. The molecule has 0 fully saturated rings. The number of nitrogens with one attached hydrogen (secondary N) is 1. The molecule has 0 spiro atoms. The van der Waals surface area contributed by atoms with Crippen molar-refractivity contribution in [2.75, 3.05) is 6.54 Å². The average molecular weight is 378 g/mol. The lowest BCUT2D eigenvalue weighted by atomic mass is 10.1. The van der Waals surface area contributed by atoms with Crippen LogP contribution in [0.15, 0.2) is 21.5 Å². The summed E-state index contributed by atoms with van der Waals surface area (Å²) in [6.07, 6.45) is 2.94. The summed E-state index contributed by atoms with van der Waals surface area (Å²) in [7, 11) is -3.55. The fraction of sp³-hybridized carbons (Fsp3) is 0.600. The monoisotopic (exact) mass is 377 g/mol. The van der Waals surface area contributed by atoms with E-state index in [1.807, 2.05) is 6.92 Å². The Hall–Kier alpha value is -0.430. The first-order chi connectivity index (χ1) is 9.77. The van der Waals surface area contributed by atoms with Gasteiger partial charge in [0.2, 0.25) is 10.0 Å². The molecule has 0 aromatic heterocycles. The van der Waals surface area contributed by atoms with Gasteiger partial charge in [0, 0.05) is 11.0 Å². The first kappa shape index (κ1) is 18.6. The highest BCUT2D eigenvalue weighted by Crippen LogP contribution is 2.27. The molecule has 0 aliphatic carbocycles. The second-order valence-corrected chi connectivity index (χ2v) is 8.20. The van der Waals surface area contributed by atoms with E-state index in [1.165, 1.54) is 6.07 Å². The number of aryl methyl sites for hydroxylation is 1. The first-order valence-corrected chi connectivity index (χ1v) is 9.45. The van der Waals surface area contributed by atoms with Gasteiger partial charge in [0.05, 0.1) is 11.5 Å². The SMILES string of the molecule is Cc1cc(CO)cc(S(=O)(=O)NCCCCC(C)C)c1Br. The molecule has 0 amide bonds. The van der Waals surface area contributed by atoms with Crippen LogP contribution in [0.1, 0.15) is 44.2 Å². The Bertz CT molecular complexity index is 571. The predicted octanol–water partition coefficient (Wildman–Crippen LogP) is 3.35. The van der Waals surface area contributed by atoms with E-state index in [1.54, 1.807) is 6.07 Å². The maximum atomic E-state index is 12.3. The first-order valence-electron chi connectivity index (χ1n) is 7.17. The van der Waals surface area contributed by atoms with Crippen LogP contribution in [0.2, 0.25) is 0 Å². The topological polar surface area (TPSA) is 66.4 Å². The summed E-state index contributed by atoms with van der Waals surface area (Å²) < 4.78 is 27.9. The number of rotatable bonds is 8. The molecule has 0 heterocycles. The Kier molecular flexibility index (Phi) is 7.33. The molecule has 1 aromatic carbocycles. The number of sulfonamides is 1. The number of hydrogen-bond acceptors (Lipinski definition) is 3. The molecule has 0 saturated heterocycles. The second kappa shape index (κ2) is 8.27. The van der Waals surface area contributed by atoms with E-state index in [2.05, 4.69) is 34.5 Å². The number of unbranched alkanes of at least 4 members (excludes halogenated alkanes) is 1. The third-order valence-electron chi connectivity index (χ3n) is 3.25. The Morgan fingerprint density at radius 3 is 2.52 bits per heavy atom. The molecule has 0 radical (unpaired) electrons. The molecular weight excluding hydrogens is 354 g/mol. The van der Waals surface area contributed by atoms with Gasteiger partial charge in [-0.3, -0.25) is 0 Å². The van der Waals surface area contributed by atoms with Crippen molar-refractivity contribution < 1.29 is 13.5 Å². The van der Waals surface area contributed by atoms with Crippen molar-refractivity contribution >= 4 is 26.0 Å². The quantitative estimate of drug-likeness (QED) is 0.682. The van der Waals surface area contributed by atoms with Gasteiger partial charge < -0.3 is 5.11 Å². The number of aliphatic hydroxyl groups excluding tert-OH is 1.